The molecule has 82 valence electrons. The zero-order chi connectivity index (χ0) is 11.5. The van der Waals surface area contributed by atoms with Gasteiger partial charge in [0.15, 0.2) is 11.5 Å². The topological polar surface area (TPSA) is 107 Å². The Labute approximate surface area is 86.0 Å². The van der Waals surface area contributed by atoms with Gasteiger partial charge in [0.25, 0.3) is 10.4 Å². The highest BCUT2D eigenvalue weighted by molar-refractivity contribution is 7.80. The van der Waals surface area contributed by atoms with E-state index in [0.29, 0.717) is 11.8 Å². The van der Waals surface area contributed by atoms with Crippen LogP contribution in [0, 0.1) is 0 Å². The lowest BCUT2D eigenvalue weighted by atomic mass is 10.2. The van der Waals surface area contributed by atoms with Crippen molar-refractivity contribution in [2.75, 3.05) is 0 Å². The predicted molar refractivity (Wildman–Crippen MR) is 49.6 cm³/mol. The van der Waals surface area contributed by atoms with Crippen molar-refractivity contribution in [1.29, 1.82) is 0 Å². The fraction of sp³-hybridized carbons (Fsp3) is 0. The average Bonchev–Trinajstić information content (AvgIpc) is 2.09. The number of hydrogen-bond donors (Lipinski definition) is 2. The van der Waals surface area contributed by atoms with Crippen LogP contribution in [-0.2, 0) is 14.6 Å². The smallest absolute Gasteiger partial charge is 0.262 e. The van der Waals surface area contributed by atoms with E-state index in [0.717, 1.165) is 6.08 Å². The summed E-state index contributed by atoms with van der Waals surface area (Å²) < 4.78 is 33.9. The van der Waals surface area contributed by atoms with Crippen molar-refractivity contribution in [3.8, 4) is 11.5 Å². The summed E-state index contributed by atoms with van der Waals surface area (Å²) in [6.07, 6.45) is 1.82. The van der Waals surface area contributed by atoms with Crippen LogP contribution in [0.2, 0.25) is 0 Å². The van der Waals surface area contributed by atoms with Gasteiger partial charge in [-0.25, -0.2) is 8.42 Å². The van der Waals surface area contributed by atoms with Crippen LogP contribution in [-0.4, -0.2) is 23.2 Å². The first-order valence-electron chi connectivity index (χ1n) is 3.71. The maximum Gasteiger partial charge on any atom is 0.262 e. The van der Waals surface area contributed by atoms with Crippen LogP contribution < -0.4 is 0 Å². The van der Waals surface area contributed by atoms with Crippen LogP contribution in [0.4, 0.5) is 0 Å². The van der Waals surface area contributed by atoms with Gasteiger partial charge in [-0.05, 0) is 23.8 Å². The second-order valence-corrected chi connectivity index (χ2v) is 3.56. The Balaban J connectivity index is 2.78. The first-order chi connectivity index (χ1) is 6.88. The Morgan fingerprint density at radius 2 is 1.93 bits per heavy atom. The summed E-state index contributed by atoms with van der Waals surface area (Å²) >= 11 is 0. The van der Waals surface area contributed by atoms with E-state index in [4.69, 9.17) is 10.2 Å². The SMILES string of the molecule is O=S(=O)([O-])O/C=C\c1ccc(O)c(O)c1. The molecule has 0 saturated heterocycles. The summed E-state index contributed by atoms with van der Waals surface area (Å²) in [6, 6.07) is 3.78. The molecule has 0 saturated carbocycles. The van der Waals surface area contributed by atoms with Gasteiger partial charge in [0, 0.05) is 0 Å². The maximum absolute atomic E-state index is 10.0. The van der Waals surface area contributed by atoms with Gasteiger partial charge in [-0.3, -0.25) is 0 Å². The standard InChI is InChI=1S/C8H8O6S/c9-7-2-1-6(5-8(7)10)3-4-14-15(11,12)13/h1-5,9-10H,(H,11,12,13)/p-1/b4-3-. The van der Waals surface area contributed by atoms with Crippen LogP contribution in [0.1, 0.15) is 5.56 Å². The molecule has 0 aromatic heterocycles. The van der Waals surface area contributed by atoms with Crippen molar-refractivity contribution in [3.63, 3.8) is 0 Å². The molecule has 0 radical (unpaired) electrons. The highest BCUT2D eigenvalue weighted by Crippen LogP contribution is 2.25. The molecule has 1 aromatic rings. The lowest BCUT2D eigenvalue weighted by Crippen LogP contribution is -1.97. The second kappa shape index (κ2) is 4.20. The van der Waals surface area contributed by atoms with Gasteiger partial charge in [0.2, 0.25) is 0 Å². The van der Waals surface area contributed by atoms with E-state index in [1.807, 2.05) is 0 Å². The van der Waals surface area contributed by atoms with Gasteiger partial charge in [0.1, 0.15) is 6.26 Å². The number of aromatic hydroxyl groups is 2. The second-order valence-electron chi connectivity index (χ2n) is 2.56. The molecular formula is C8H7O6S-. The summed E-state index contributed by atoms with van der Waals surface area (Å²) in [4.78, 5) is 0. The molecule has 0 aliphatic rings. The van der Waals surface area contributed by atoms with Crippen molar-refractivity contribution >= 4 is 16.5 Å². The highest BCUT2D eigenvalue weighted by atomic mass is 32.3. The molecule has 0 atom stereocenters. The Bertz CT molecular complexity index is 476. The largest absolute Gasteiger partial charge is 0.716 e. The van der Waals surface area contributed by atoms with Crippen LogP contribution >= 0.6 is 0 Å². The predicted octanol–water partition coefficient (Wildman–Crippen LogP) is 0.545. The molecule has 6 nitrogen and oxygen atoms in total. The maximum atomic E-state index is 10.0. The van der Waals surface area contributed by atoms with E-state index in [1.165, 1.54) is 18.2 Å². The van der Waals surface area contributed by atoms with Crippen molar-refractivity contribution in [3.05, 3.63) is 30.0 Å². The van der Waals surface area contributed by atoms with Crippen LogP contribution in [0.5, 0.6) is 11.5 Å². The molecular weight excluding hydrogens is 224 g/mol. The van der Waals surface area contributed by atoms with Gasteiger partial charge in [-0.1, -0.05) is 6.07 Å². The van der Waals surface area contributed by atoms with Gasteiger partial charge >= 0.3 is 0 Å². The Morgan fingerprint density at radius 1 is 1.27 bits per heavy atom. The fourth-order valence-electron chi connectivity index (χ4n) is 0.819. The summed E-state index contributed by atoms with van der Waals surface area (Å²) in [7, 11) is -4.76. The lowest BCUT2D eigenvalue weighted by molar-refractivity contribution is 0.345. The molecule has 0 aliphatic carbocycles. The molecule has 7 heteroatoms. The van der Waals surface area contributed by atoms with Crippen molar-refractivity contribution in [1.82, 2.24) is 0 Å². The first-order valence-corrected chi connectivity index (χ1v) is 5.04. The number of phenols is 2. The van der Waals surface area contributed by atoms with E-state index in [1.54, 1.807) is 0 Å². The number of benzene rings is 1. The van der Waals surface area contributed by atoms with E-state index in [2.05, 4.69) is 4.18 Å². The minimum Gasteiger partial charge on any atom is -0.716 e. The minimum atomic E-state index is -4.76. The van der Waals surface area contributed by atoms with Gasteiger partial charge in [0.05, 0.1) is 0 Å². The molecule has 0 amide bonds. The number of phenolic OH excluding ortho intramolecular Hbond substituents is 2. The molecule has 1 aromatic carbocycles. The Kier molecular flexibility index (Phi) is 3.17. The quantitative estimate of drug-likeness (QED) is 0.340. The Hall–Kier alpha value is -1.73. The fourth-order valence-corrected chi connectivity index (χ4v) is 1.01. The normalized spacial score (nSPS) is 11.8. The van der Waals surface area contributed by atoms with Crippen LogP contribution in [0.25, 0.3) is 6.08 Å². The molecule has 2 N–H and O–H groups in total. The molecule has 0 bridgehead atoms. The Morgan fingerprint density at radius 3 is 2.47 bits per heavy atom. The van der Waals surface area contributed by atoms with E-state index in [-0.39, 0.29) is 11.5 Å². The van der Waals surface area contributed by atoms with Crippen LogP contribution in [0.3, 0.4) is 0 Å². The number of rotatable bonds is 3. The molecule has 0 unspecified atom stereocenters. The molecule has 0 aliphatic heterocycles. The van der Waals surface area contributed by atoms with Crippen molar-refractivity contribution in [2.45, 2.75) is 0 Å². The first kappa shape index (κ1) is 11.3. The third-order valence-corrected chi connectivity index (χ3v) is 1.78. The van der Waals surface area contributed by atoms with E-state index >= 15 is 0 Å². The summed E-state index contributed by atoms with van der Waals surface area (Å²) in [6.45, 7) is 0. The highest BCUT2D eigenvalue weighted by Gasteiger charge is 1.97. The van der Waals surface area contributed by atoms with Gasteiger partial charge < -0.3 is 18.9 Å². The third-order valence-electron chi connectivity index (χ3n) is 1.43. The lowest BCUT2D eigenvalue weighted by Gasteiger charge is -2.03. The van der Waals surface area contributed by atoms with Crippen molar-refractivity contribution < 1.29 is 27.4 Å². The molecule has 0 heterocycles. The van der Waals surface area contributed by atoms with Gasteiger partial charge in [-0.2, -0.15) is 0 Å². The molecule has 15 heavy (non-hydrogen) atoms. The summed E-state index contributed by atoms with van der Waals surface area (Å²) in [5.74, 6) is -0.661. The van der Waals surface area contributed by atoms with Gasteiger partial charge in [-0.15, -0.1) is 0 Å². The third kappa shape index (κ3) is 3.88. The number of hydrogen-bond acceptors (Lipinski definition) is 6. The molecule has 0 spiro atoms. The van der Waals surface area contributed by atoms with Crippen molar-refractivity contribution in [2.24, 2.45) is 0 Å². The molecule has 0 fully saturated rings. The van der Waals surface area contributed by atoms with E-state index in [9.17, 15) is 13.0 Å². The summed E-state index contributed by atoms with van der Waals surface area (Å²) in [5.41, 5.74) is 0.369. The minimum absolute atomic E-state index is 0.301. The summed E-state index contributed by atoms with van der Waals surface area (Å²) in [5, 5.41) is 18.0. The molecule has 1 rings (SSSR count). The zero-order valence-electron chi connectivity index (χ0n) is 7.32. The van der Waals surface area contributed by atoms with E-state index < -0.39 is 10.4 Å². The zero-order valence-corrected chi connectivity index (χ0v) is 8.14. The average molecular weight is 231 g/mol. The monoisotopic (exact) mass is 231 g/mol. The van der Waals surface area contributed by atoms with Crippen LogP contribution in [0.15, 0.2) is 24.5 Å².